The van der Waals surface area contributed by atoms with Gasteiger partial charge in [0.2, 0.25) is 5.91 Å². The second-order valence-electron chi connectivity index (χ2n) is 4.55. The van der Waals surface area contributed by atoms with Crippen molar-refractivity contribution >= 4 is 29.0 Å². The molecule has 24 heavy (non-hydrogen) atoms. The van der Waals surface area contributed by atoms with Gasteiger partial charge in [-0.05, 0) is 12.1 Å². The molecule has 1 aromatic carbocycles. The molecule has 0 aliphatic rings. The van der Waals surface area contributed by atoms with Crippen LogP contribution in [0, 0.1) is 10.1 Å². The fourth-order valence-electron chi connectivity index (χ4n) is 1.68. The Bertz CT molecular complexity index is 778. The van der Waals surface area contributed by atoms with Gasteiger partial charge < -0.3 is 9.88 Å². The molecular formula is C12H10F3N5O3S. The molecule has 8 nitrogen and oxygen atoms in total. The number of thioether (sulfide) groups is 1. The van der Waals surface area contributed by atoms with Gasteiger partial charge in [0.05, 0.1) is 16.2 Å². The fraction of sp³-hybridized carbons (Fsp3) is 0.250. The number of nitrogens with one attached hydrogen (secondary N) is 1. The number of nitrogens with zero attached hydrogens (tertiary/aromatic N) is 4. The minimum atomic E-state index is -4.71. The van der Waals surface area contributed by atoms with Crippen molar-refractivity contribution in [3.63, 3.8) is 0 Å². The van der Waals surface area contributed by atoms with E-state index in [0.717, 1.165) is 17.8 Å². The molecule has 12 heteroatoms. The lowest BCUT2D eigenvalue weighted by atomic mass is 10.1. The van der Waals surface area contributed by atoms with Gasteiger partial charge in [-0.2, -0.15) is 13.2 Å². The molecule has 1 heterocycles. The smallest absolute Gasteiger partial charge is 0.320 e. The van der Waals surface area contributed by atoms with Crippen LogP contribution in [0.15, 0.2) is 29.7 Å². The van der Waals surface area contributed by atoms with Crippen molar-refractivity contribution < 1.29 is 22.9 Å². The largest absolute Gasteiger partial charge is 0.416 e. The number of anilines is 1. The molecule has 0 spiro atoms. The summed E-state index contributed by atoms with van der Waals surface area (Å²) in [4.78, 5) is 21.8. The Balaban J connectivity index is 2.12. The Kier molecular flexibility index (Phi) is 5.07. The molecule has 0 aliphatic heterocycles. The Labute approximate surface area is 137 Å². The van der Waals surface area contributed by atoms with Gasteiger partial charge in [0.15, 0.2) is 5.16 Å². The van der Waals surface area contributed by atoms with E-state index in [1.165, 1.54) is 6.33 Å². The number of hydrogen-bond acceptors (Lipinski definition) is 6. The highest BCUT2D eigenvalue weighted by atomic mass is 32.2. The maximum Gasteiger partial charge on any atom is 0.416 e. The van der Waals surface area contributed by atoms with Crippen LogP contribution < -0.4 is 5.32 Å². The zero-order valence-electron chi connectivity index (χ0n) is 12.1. The number of halogens is 3. The van der Waals surface area contributed by atoms with Gasteiger partial charge >= 0.3 is 6.18 Å². The second-order valence-corrected chi connectivity index (χ2v) is 5.49. The monoisotopic (exact) mass is 361 g/mol. The molecule has 0 atom stereocenters. The molecule has 128 valence electrons. The number of carbonyl (C=O) groups excluding carboxylic acids is 1. The molecule has 0 unspecified atom stereocenters. The van der Waals surface area contributed by atoms with E-state index in [1.54, 1.807) is 11.6 Å². The van der Waals surface area contributed by atoms with E-state index in [4.69, 9.17) is 0 Å². The van der Waals surface area contributed by atoms with Gasteiger partial charge in [0.1, 0.15) is 12.0 Å². The fourth-order valence-corrected chi connectivity index (χ4v) is 2.37. The van der Waals surface area contributed by atoms with Gasteiger partial charge in [0, 0.05) is 13.1 Å². The highest BCUT2D eigenvalue weighted by Crippen LogP contribution is 2.35. The SMILES string of the molecule is Cn1cnnc1SCC(=O)Nc1ccc(C(F)(F)F)cc1[N+](=O)[O-]. The van der Waals surface area contributed by atoms with Crippen LogP contribution in [0.1, 0.15) is 5.56 Å². The number of hydrogen-bond donors (Lipinski definition) is 1. The van der Waals surface area contributed by atoms with Crippen molar-refractivity contribution in [1.82, 2.24) is 14.8 Å². The maximum atomic E-state index is 12.6. The van der Waals surface area contributed by atoms with Crippen molar-refractivity contribution in [3.05, 3.63) is 40.2 Å². The van der Waals surface area contributed by atoms with E-state index in [1.807, 2.05) is 0 Å². The molecule has 0 saturated heterocycles. The van der Waals surface area contributed by atoms with Crippen LogP contribution in [0.2, 0.25) is 0 Å². The van der Waals surface area contributed by atoms with Crippen LogP contribution in [-0.4, -0.2) is 31.3 Å². The van der Waals surface area contributed by atoms with E-state index in [0.29, 0.717) is 17.3 Å². The number of rotatable bonds is 5. The lowest BCUT2D eigenvalue weighted by Crippen LogP contribution is -2.16. The number of alkyl halides is 3. The highest BCUT2D eigenvalue weighted by molar-refractivity contribution is 7.99. The standard InChI is InChI=1S/C12H10F3N5O3S/c1-19-6-16-18-11(19)24-5-10(21)17-8-3-2-7(12(13,14)15)4-9(8)20(22)23/h2-4,6H,5H2,1H3,(H,17,21). The summed E-state index contributed by atoms with van der Waals surface area (Å²) in [5, 5.41) is 21.0. The summed E-state index contributed by atoms with van der Waals surface area (Å²) in [6.07, 6.45) is -3.28. The van der Waals surface area contributed by atoms with Crippen molar-refractivity contribution in [1.29, 1.82) is 0 Å². The molecule has 0 fully saturated rings. The number of aryl methyl sites for hydroxylation is 1. The summed E-state index contributed by atoms with van der Waals surface area (Å²) in [6, 6.07) is 1.90. The third-order valence-corrected chi connectivity index (χ3v) is 3.83. The summed E-state index contributed by atoms with van der Waals surface area (Å²) >= 11 is 1.03. The van der Waals surface area contributed by atoms with Gasteiger partial charge in [-0.25, -0.2) is 0 Å². The third-order valence-electron chi connectivity index (χ3n) is 2.80. The zero-order valence-corrected chi connectivity index (χ0v) is 12.9. The molecule has 0 bridgehead atoms. The van der Waals surface area contributed by atoms with Crippen molar-refractivity contribution in [2.45, 2.75) is 11.3 Å². The van der Waals surface area contributed by atoms with Crippen LogP contribution in [0.4, 0.5) is 24.5 Å². The first-order chi connectivity index (χ1) is 11.2. The first-order valence-corrected chi connectivity index (χ1v) is 7.29. The molecule has 1 aromatic heterocycles. The topological polar surface area (TPSA) is 103 Å². The third kappa shape index (κ3) is 4.22. The predicted molar refractivity (Wildman–Crippen MR) is 78.5 cm³/mol. The summed E-state index contributed by atoms with van der Waals surface area (Å²) in [7, 11) is 1.67. The minimum absolute atomic E-state index is 0.134. The van der Waals surface area contributed by atoms with Crippen LogP contribution >= 0.6 is 11.8 Å². The Morgan fingerprint density at radius 2 is 2.17 bits per heavy atom. The van der Waals surface area contributed by atoms with Crippen molar-refractivity contribution in [3.8, 4) is 0 Å². The Hall–Kier alpha value is -2.63. The summed E-state index contributed by atoms with van der Waals surface area (Å²) in [5.74, 6) is -0.754. The quantitative estimate of drug-likeness (QED) is 0.499. The number of carbonyl (C=O) groups is 1. The molecule has 0 saturated carbocycles. The normalized spacial score (nSPS) is 11.3. The Morgan fingerprint density at radius 3 is 2.71 bits per heavy atom. The van der Waals surface area contributed by atoms with E-state index in [-0.39, 0.29) is 11.4 Å². The predicted octanol–water partition coefficient (Wildman–Crippen LogP) is 2.47. The van der Waals surface area contributed by atoms with E-state index in [9.17, 15) is 28.1 Å². The lowest BCUT2D eigenvalue weighted by molar-refractivity contribution is -0.384. The molecule has 2 rings (SSSR count). The summed E-state index contributed by atoms with van der Waals surface area (Å²) in [6.45, 7) is 0. The lowest BCUT2D eigenvalue weighted by Gasteiger charge is -2.09. The van der Waals surface area contributed by atoms with Gasteiger partial charge in [0.25, 0.3) is 5.69 Å². The van der Waals surface area contributed by atoms with Gasteiger partial charge in [-0.1, -0.05) is 11.8 Å². The average Bonchev–Trinajstić information content (AvgIpc) is 2.89. The first-order valence-electron chi connectivity index (χ1n) is 6.31. The number of nitro groups is 1. The first kappa shape index (κ1) is 17.7. The number of nitro benzene ring substituents is 1. The van der Waals surface area contributed by atoms with Crippen molar-refractivity contribution in [2.75, 3.05) is 11.1 Å². The highest BCUT2D eigenvalue weighted by Gasteiger charge is 2.33. The van der Waals surface area contributed by atoms with E-state index < -0.39 is 28.3 Å². The molecule has 1 amide bonds. The van der Waals surface area contributed by atoms with Gasteiger partial charge in [-0.15, -0.1) is 10.2 Å². The number of amides is 1. The maximum absolute atomic E-state index is 12.6. The van der Waals surface area contributed by atoms with Crippen LogP contribution in [0.5, 0.6) is 0 Å². The van der Waals surface area contributed by atoms with Crippen LogP contribution in [0.25, 0.3) is 0 Å². The molecular weight excluding hydrogens is 351 g/mol. The minimum Gasteiger partial charge on any atom is -0.320 e. The van der Waals surface area contributed by atoms with E-state index >= 15 is 0 Å². The number of aromatic nitrogens is 3. The van der Waals surface area contributed by atoms with Gasteiger partial charge in [-0.3, -0.25) is 14.9 Å². The van der Waals surface area contributed by atoms with E-state index in [2.05, 4.69) is 15.5 Å². The molecule has 0 radical (unpaired) electrons. The average molecular weight is 361 g/mol. The molecule has 1 N–H and O–H groups in total. The number of benzene rings is 1. The summed E-state index contributed by atoms with van der Waals surface area (Å²) < 4.78 is 39.4. The Morgan fingerprint density at radius 1 is 1.46 bits per heavy atom. The molecule has 2 aromatic rings. The zero-order chi connectivity index (χ0) is 17.9. The molecule has 0 aliphatic carbocycles. The summed E-state index contributed by atoms with van der Waals surface area (Å²) in [5.41, 5.74) is -2.31. The second kappa shape index (κ2) is 6.86. The van der Waals surface area contributed by atoms with Crippen LogP contribution in [-0.2, 0) is 18.0 Å². The van der Waals surface area contributed by atoms with Crippen LogP contribution in [0.3, 0.4) is 0 Å². The van der Waals surface area contributed by atoms with Crippen molar-refractivity contribution in [2.24, 2.45) is 7.05 Å².